The summed E-state index contributed by atoms with van der Waals surface area (Å²) in [4.78, 5) is 5.60. The molecule has 0 aliphatic rings. The zero-order chi connectivity index (χ0) is 13.8. The van der Waals surface area contributed by atoms with Gasteiger partial charge >= 0.3 is 0 Å². The molecule has 100 valence electrons. The number of hydrogen-bond donors (Lipinski definition) is 2. The Balaban J connectivity index is 1.67. The van der Waals surface area contributed by atoms with Gasteiger partial charge in [0.25, 0.3) is 0 Å². The van der Waals surface area contributed by atoms with Crippen molar-refractivity contribution < 1.29 is 5.11 Å². The van der Waals surface area contributed by atoms with Crippen LogP contribution in [0.15, 0.2) is 52.3 Å². The highest BCUT2D eigenvalue weighted by Crippen LogP contribution is 2.28. The van der Waals surface area contributed by atoms with Crippen molar-refractivity contribution in [2.75, 3.05) is 5.43 Å². The standard InChI is InChI=1S/C14H11N3OS2/c18-11-4-1-3-10(7-11)8-15-17-14-16-12(9-20-14)13-5-2-6-19-13/h1-9,18H,(H,16,17)/b15-8-. The number of anilines is 1. The summed E-state index contributed by atoms with van der Waals surface area (Å²) >= 11 is 3.17. The maximum atomic E-state index is 9.35. The van der Waals surface area contributed by atoms with Crippen molar-refractivity contribution >= 4 is 34.0 Å². The molecule has 0 aliphatic heterocycles. The summed E-state index contributed by atoms with van der Waals surface area (Å²) in [5.74, 6) is 0.225. The van der Waals surface area contributed by atoms with Crippen LogP contribution in [0.1, 0.15) is 5.56 Å². The van der Waals surface area contributed by atoms with Crippen molar-refractivity contribution in [3.8, 4) is 16.3 Å². The van der Waals surface area contributed by atoms with Crippen LogP contribution in [0.4, 0.5) is 5.13 Å². The Hall–Kier alpha value is -2.18. The van der Waals surface area contributed by atoms with E-state index >= 15 is 0 Å². The number of phenols is 1. The maximum Gasteiger partial charge on any atom is 0.203 e. The number of aromatic nitrogens is 1. The highest BCUT2D eigenvalue weighted by molar-refractivity contribution is 7.15. The molecule has 0 unspecified atom stereocenters. The molecule has 20 heavy (non-hydrogen) atoms. The second-order valence-corrected chi connectivity index (χ2v) is 5.79. The van der Waals surface area contributed by atoms with Crippen molar-refractivity contribution in [3.05, 3.63) is 52.7 Å². The van der Waals surface area contributed by atoms with Crippen LogP contribution in [0.25, 0.3) is 10.6 Å². The van der Waals surface area contributed by atoms with Gasteiger partial charge in [-0.15, -0.1) is 22.7 Å². The smallest absolute Gasteiger partial charge is 0.203 e. The SMILES string of the molecule is Oc1cccc(/C=N\Nc2nc(-c3cccs3)cs2)c1. The van der Waals surface area contributed by atoms with E-state index in [-0.39, 0.29) is 5.75 Å². The van der Waals surface area contributed by atoms with E-state index in [0.29, 0.717) is 0 Å². The van der Waals surface area contributed by atoms with E-state index in [0.717, 1.165) is 21.3 Å². The third-order valence-corrected chi connectivity index (χ3v) is 4.16. The summed E-state index contributed by atoms with van der Waals surface area (Å²) in [7, 11) is 0. The molecule has 0 aliphatic carbocycles. The lowest BCUT2D eigenvalue weighted by Gasteiger charge is -1.95. The van der Waals surface area contributed by atoms with Gasteiger partial charge in [-0.2, -0.15) is 5.10 Å². The number of hydrogen-bond acceptors (Lipinski definition) is 6. The van der Waals surface area contributed by atoms with Crippen LogP contribution >= 0.6 is 22.7 Å². The first-order chi connectivity index (χ1) is 9.81. The van der Waals surface area contributed by atoms with Crippen LogP contribution in [0.2, 0.25) is 0 Å². The Labute approximate surface area is 124 Å². The van der Waals surface area contributed by atoms with Crippen LogP contribution in [0.3, 0.4) is 0 Å². The van der Waals surface area contributed by atoms with E-state index in [1.807, 2.05) is 29.0 Å². The van der Waals surface area contributed by atoms with Gasteiger partial charge in [-0.25, -0.2) is 4.98 Å². The molecule has 0 radical (unpaired) electrons. The first-order valence-corrected chi connectivity index (χ1v) is 7.65. The van der Waals surface area contributed by atoms with Gasteiger partial charge in [0, 0.05) is 5.38 Å². The zero-order valence-electron chi connectivity index (χ0n) is 10.4. The van der Waals surface area contributed by atoms with Crippen LogP contribution in [-0.4, -0.2) is 16.3 Å². The third kappa shape index (κ3) is 3.04. The van der Waals surface area contributed by atoms with Crippen molar-refractivity contribution in [3.63, 3.8) is 0 Å². The lowest BCUT2D eigenvalue weighted by atomic mass is 10.2. The number of rotatable bonds is 4. The fraction of sp³-hybridized carbons (Fsp3) is 0. The molecule has 0 bridgehead atoms. The molecule has 0 amide bonds. The highest BCUT2D eigenvalue weighted by atomic mass is 32.1. The fourth-order valence-electron chi connectivity index (χ4n) is 1.63. The average Bonchev–Trinajstić information content (AvgIpc) is 3.09. The van der Waals surface area contributed by atoms with Crippen LogP contribution < -0.4 is 5.43 Å². The van der Waals surface area contributed by atoms with Gasteiger partial charge in [0.05, 0.1) is 16.8 Å². The van der Waals surface area contributed by atoms with Crippen LogP contribution in [0.5, 0.6) is 5.75 Å². The van der Waals surface area contributed by atoms with Gasteiger partial charge in [-0.1, -0.05) is 18.2 Å². The lowest BCUT2D eigenvalue weighted by molar-refractivity contribution is 0.475. The second-order valence-electron chi connectivity index (χ2n) is 3.98. The Morgan fingerprint density at radius 3 is 2.95 bits per heavy atom. The van der Waals surface area contributed by atoms with Crippen LogP contribution in [-0.2, 0) is 0 Å². The number of benzene rings is 1. The Kier molecular flexibility index (Phi) is 3.76. The zero-order valence-corrected chi connectivity index (χ0v) is 12.0. The molecule has 6 heteroatoms. The molecular formula is C14H11N3OS2. The molecule has 2 aromatic heterocycles. The van der Waals surface area contributed by atoms with E-state index in [1.165, 1.54) is 11.3 Å². The first kappa shape index (κ1) is 12.8. The maximum absolute atomic E-state index is 9.35. The molecule has 3 aromatic rings. The van der Waals surface area contributed by atoms with E-state index in [9.17, 15) is 5.11 Å². The number of phenolic OH excluding ortho intramolecular Hbond substituents is 1. The van der Waals surface area contributed by atoms with Gasteiger partial charge in [0.2, 0.25) is 5.13 Å². The Morgan fingerprint density at radius 1 is 1.20 bits per heavy atom. The summed E-state index contributed by atoms with van der Waals surface area (Å²) < 4.78 is 0. The minimum absolute atomic E-state index is 0.225. The molecule has 0 spiro atoms. The molecule has 4 nitrogen and oxygen atoms in total. The lowest BCUT2D eigenvalue weighted by Crippen LogP contribution is -1.89. The van der Waals surface area contributed by atoms with Crippen LogP contribution in [0, 0.1) is 0 Å². The summed E-state index contributed by atoms with van der Waals surface area (Å²) in [6.07, 6.45) is 1.64. The van der Waals surface area contributed by atoms with Crippen molar-refractivity contribution in [1.82, 2.24) is 4.98 Å². The van der Waals surface area contributed by atoms with Crippen molar-refractivity contribution in [1.29, 1.82) is 0 Å². The number of nitrogens with one attached hydrogen (secondary N) is 1. The highest BCUT2D eigenvalue weighted by Gasteiger charge is 2.04. The predicted octanol–water partition coefficient (Wildman–Crippen LogP) is 4.02. The Bertz CT molecular complexity index is 720. The minimum Gasteiger partial charge on any atom is -0.508 e. The van der Waals surface area contributed by atoms with Gasteiger partial charge in [-0.05, 0) is 29.1 Å². The first-order valence-electron chi connectivity index (χ1n) is 5.89. The summed E-state index contributed by atoms with van der Waals surface area (Å²) in [6, 6.07) is 11.0. The molecule has 1 aromatic carbocycles. The number of hydrazone groups is 1. The van der Waals surface area contributed by atoms with Gasteiger partial charge in [-0.3, -0.25) is 5.43 Å². The largest absolute Gasteiger partial charge is 0.508 e. The molecule has 0 saturated carbocycles. The number of nitrogens with zero attached hydrogens (tertiary/aromatic N) is 2. The third-order valence-electron chi connectivity index (χ3n) is 2.52. The average molecular weight is 301 g/mol. The van der Waals surface area contributed by atoms with E-state index in [2.05, 4.69) is 15.5 Å². The summed E-state index contributed by atoms with van der Waals surface area (Å²) in [6.45, 7) is 0. The van der Waals surface area contributed by atoms with Crippen molar-refractivity contribution in [2.24, 2.45) is 5.10 Å². The van der Waals surface area contributed by atoms with E-state index in [1.54, 1.807) is 35.8 Å². The van der Waals surface area contributed by atoms with Crippen molar-refractivity contribution in [2.45, 2.75) is 0 Å². The Morgan fingerprint density at radius 2 is 2.15 bits per heavy atom. The summed E-state index contributed by atoms with van der Waals surface area (Å²) in [5, 5.41) is 18.2. The number of thiazole rings is 1. The van der Waals surface area contributed by atoms with E-state index < -0.39 is 0 Å². The molecule has 3 rings (SSSR count). The number of aromatic hydroxyl groups is 1. The normalized spacial score (nSPS) is 11.0. The minimum atomic E-state index is 0.225. The topological polar surface area (TPSA) is 57.5 Å². The predicted molar refractivity (Wildman–Crippen MR) is 84.8 cm³/mol. The summed E-state index contributed by atoms with van der Waals surface area (Å²) in [5.41, 5.74) is 4.68. The molecule has 0 fully saturated rings. The monoisotopic (exact) mass is 301 g/mol. The number of thiophene rings is 1. The molecule has 2 heterocycles. The van der Waals surface area contributed by atoms with Gasteiger partial charge in [0.15, 0.2) is 0 Å². The molecule has 2 N–H and O–H groups in total. The van der Waals surface area contributed by atoms with Gasteiger partial charge < -0.3 is 5.11 Å². The molecular weight excluding hydrogens is 290 g/mol. The molecule has 0 saturated heterocycles. The molecule has 0 atom stereocenters. The quantitative estimate of drug-likeness (QED) is 0.565. The van der Waals surface area contributed by atoms with Gasteiger partial charge in [0.1, 0.15) is 5.75 Å². The second kappa shape index (κ2) is 5.85. The van der Waals surface area contributed by atoms with E-state index in [4.69, 9.17) is 0 Å². The fourth-order valence-corrected chi connectivity index (χ4v) is 3.05.